The second kappa shape index (κ2) is 6.87. The third-order valence-electron chi connectivity index (χ3n) is 2.78. The van der Waals surface area contributed by atoms with Crippen molar-refractivity contribution < 1.29 is 13.2 Å². The first-order valence-corrected chi connectivity index (χ1v) is 9.01. The quantitative estimate of drug-likeness (QED) is 0.629. The van der Waals surface area contributed by atoms with E-state index in [0.29, 0.717) is 16.8 Å². The van der Waals surface area contributed by atoms with Crippen molar-refractivity contribution in [2.24, 2.45) is 0 Å². The lowest BCUT2D eigenvalue weighted by atomic mass is 10.1. The Hall–Kier alpha value is -1.66. The number of halogens is 1. The zero-order chi connectivity index (χ0) is 15.3. The average Bonchev–Trinajstić information content (AvgIpc) is 2.46. The molecule has 0 unspecified atom stereocenters. The molecule has 0 spiro atoms. The summed E-state index contributed by atoms with van der Waals surface area (Å²) in [4.78, 5) is 11.6. The second-order valence-corrected chi connectivity index (χ2v) is 6.77. The fraction of sp³-hybridized carbons (Fsp3) is 0.133. The number of alkyl halides is 1. The van der Waals surface area contributed by atoms with Gasteiger partial charge in [0, 0.05) is 11.3 Å². The topological polar surface area (TPSA) is 63.2 Å². The van der Waals surface area contributed by atoms with E-state index in [1.54, 1.807) is 42.5 Å². The third kappa shape index (κ3) is 4.68. The van der Waals surface area contributed by atoms with Crippen molar-refractivity contribution in [3.8, 4) is 0 Å². The van der Waals surface area contributed by atoms with Gasteiger partial charge in [0.2, 0.25) is 10.0 Å². The van der Waals surface area contributed by atoms with Gasteiger partial charge in [0.15, 0.2) is 5.78 Å². The number of Topliss-reactive ketones (excluding diaryl/α,β-unsaturated/α-hetero) is 1. The molecule has 4 nitrogen and oxygen atoms in total. The summed E-state index contributed by atoms with van der Waals surface area (Å²) in [7, 11) is -3.51. The molecule has 110 valence electrons. The first-order valence-electron chi connectivity index (χ1n) is 6.24. The van der Waals surface area contributed by atoms with Crippen LogP contribution in [0.2, 0.25) is 0 Å². The van der Waals surface area contributed by atoms with Crippen molar-refractivity contribution in [1.29, 1.82) is 0 Å². The summed E-state index contributed by atoms with van der Waals surface area (Å²) in [6.45, 7) is 0. The van der Waals surface area contributed by atoms with Crippen LogP contribution in [0.4, 0.5) is 5.69 Å². The van der Waals surface area contributed by atoms with E-state index in [4.69, 9.17) is 0 Å². The van der Waals surface area contributed by atoms with E-state index in [9.17, 15) is 13.2 Å². The van der Waals surface area contributed by atoms with Crippen molar-refractivity contribution >= 4 is 37.4 Å². The van der Waals surface area contributed by atoms with E-state index >= 15 is 0 Å². The second-order valence-electron chi connectivity index (χ2n) is 4.48. The van der Waals surface area contributed by atoms with Gasteiger partial charge in [0.25, 0.3) is 0 Å². The number of nitrogens with one attached hydrogen (secondary N) is 1. The molecule has 1 N–H and O–H groups in total. The molecule has 6 heteroatoms. The van der Waals surface area contributed by atoms with Crippen LogP contribution in [-0.4, -0.2) is 19.5 Å². The molecule has 0 amide bonds. The molecule has 0 saturated carbocycles. The predicted molar refractivity (Wildman–Crippen MR) is 87.3 cm³/mol. The molecular weight excluding hydrogens is 354 g/mol. The summed E-state index contributed by atoms with van der Waals surface area (Å²) in [5.41, 5.74) is 1.56. The van der Waals surface area contributed by atoms with Crippen LogP contribution in [0.25, 0.3) is 0 Å². The Kier molecular flexibility index (Phi) is 5.14. The molecule has 0 aliphatic heterocycles. The Balaban J connectivity index is 2.15. The van der Waals surface area contributed by atoms with Gasteiger partial charge in [-0.1, -0.05) is 58.4 Å². The van der Waals surface area contributed by atoms with Gasteiger partial charge in [-0.2, -0.15) is 0 Å². The Bertz CT molecular complexity index is 730. The highest BCUT2D eigenvalue weighted by molar-refractivity contribution is 9.09. The first kappa shape index (κ1) is 15.7. The lowest BCUT2D eigenvalue weighted by molar-refractivity contribution is 0.102. The molecule has 2 aromatic carbocycles. The van der Waals surface area contributed by atoms with Gasteiger partial charge in [0.05, 0.1) is 11.1 Å². The van der Waals surface area contributed by atoms with Crippen LogP contribution < -0.4 is 4.72 Å². The number of ketones is 1. The minimum Gasteiger partial charge on any atom is -0.293 e. The first-order chi connectivity index (χ1) is 10.00. The SMILES string of the molecule is O=C(CBr)c1cccc(NS(=O)(=O)Cc2ccccc2)c1. The summed E-state index contributed by atoms with van der Waals surface area (Å²) in [5, 5.41) is 0.202. The van der Waals surface area contributed by atoms with Crippen molar-refractivity contribution in [3.05, 3.63) is 65.7 Å². The van der Waals surface area contributed by atoms with Crippen molar-refractivity contribution in [2.75, 3.05) is 10.1 Å². The highest BCUT2D eigenvalue weighted by Gasteiger charge is 2.12. The molecule has 0 aliphatic rings. The third-order valence-corrected chi connectivity index (χ3v) is 4.55. The van der Waals surface area contributed by atoms with Gasteiger partial charge in [0.1, 0.15) is 0 Å². The molecule has 0 bridgehead atoms. The predicted octanol–water partition coefficient (Wildman–Crippen LogP) is 3.21. The Labute approximate surface area is 132 Å². The molecule has 0 atom stereocenters. The van der Waals surface area contributed by atoms with Crippen molar-refractivity contribution in [2.45, 2.75) is 5.75 Å². The molecule has 0 radical (unpaired) electrons. The van der Waals surface area contributed by atoms with E-state index in [0.717, 1.165) is 0 Å². The zero-order valence-corrected chi connectivity index (χ0v) is 13.5. The molecule has 0 saturated heterocycles. The summed E-state index contributed by atoms with van der Waals surface area (Å²) in [6.07, 6.45) is 0. The number of hydrogen-bond donors (Lipinski definition) is 1. The molecular formula is C15H14BrNO3S. The van der Waals surface area contributed by atoms with Gasteiger partial charge in [-0.25, -0.2) is 8.42 Å². The fourth-order valence-electron chi connectivity index (χ4n) is 1.84. The van der Waals surface area contributed by atoms with E-state index in [1.165, 1.54) is 6.07 Å². The van der Waals surface area contributed by atoms with E-state index in [-0.39, 0.29) is 16.9 Å². The monoisotopic (exact) mass is 367 g/mol. The van der Waals surface area contributed by atoms with Crippen LogP contribution >= 0.6 is 15.9 Å². The number of carbonyl (C=O) groups excluding carboxylic acids is 1. The summed E-state index contributed by atoms with van der Waals surface area (Å²) in [5.74, 6) is -0.205. The van der Waals surface area contributed by atoms with Crippen LogP contribution in [0.15, 0.2) is 54.6 Å². The maximum Gasteiger partial charge on any atom is 0.236 e. The maximum absolute atomic E-state index is 12.1. The standard InChI is InChI=1S/C15H14BrNO3S/c16-10-15(18)13-7-4-8-14(9-13)17-21(19,20)11-12-5-2-1-3-6-12/h1-9,17H,10-11H2. The van der Waals surface area contributed by atoms with Gasteiger partial charge in [-0.05, 0) is 17.7 Å². The molecule has 0 fully saturated rings. The minimum absolute atomic E-state index is 0.0980. The number of hydrogen-bond acceptors (Lipinski definition) is 3. The number of benzene rings is 2. The van der Waals surface area contributed by atoms with E-state index in [1.807, 2.05) is 6.07 Å². The van der Waals surface area contributed by atoms with Gasteiger partial charge in [-0.15, -0.1) is 0 Å². The van der Waals surface area contributed by atoms with Crippen LogP contribution in [0.1, 0.15) is 15.9 Å². The number of rotatable bonds is 6. The summed E-state index contributed by atoms with van der Waals surface area (Å²) >= 11 is 3.09. The highest BCUT2D eigenvalue weighted by Crippen LogP contribution is 2.15. The van der Waals surface area contributed by atoms with Crippen LogP contribution in [0.3, 0.4) is 0 Å². The van der Waals surface area contributed by atoms with Gasteiger partial charge < -0.3 is 0 Å². The molecule has 0 aliphatic carbocycles. The van der Waals surface area contributed by atoms with Crippen LogP contribution in [0.5, 0.6) is 0 Å². The molecule has 21 heavy (non-hydrogen) atoms. The van der Waals surface area contributed by atoms with Gasteiger partial charge >= 0.3 is 0 Å². The lowest BCUT2D eigenvalue weighted by Gasteiger charge is -2.09. The summed E-state index contributed by atoms with van der Waals surface area (Å²) < 4.78 is 26.7. The molecule has 0 aromatic heterocycles. The van der Waals surface area contributed by atoms with E-state index < -0.39 is 10.0 Å². The Morgan fingerprint density at radius 2 is 1.76 bits per heavy atom. The Morgan fingerprint density at radius 3 is 2.43 bits per heavy atom. The Morgan fingerprint density at radius 1 is 1.05 bits per heavy atom. The highest BCUT2D eigenvalue weighted by atomic mass is 79.9. The zero-order valence-electron chi connectivity index (χ0n) is 11.1. The molecule has 0 heterocycles. The average molecular weight is 368 g/mol. The van der Waals surface area contributed by atoms with Crippen LogP contribution in [0, 0.1) is 0 Å². The normalized spacial score (nSPS) is 11.1. The minimum atomic E-state index is -3.51. The lowest BCUT2D eigenvalue weighted by Crippen LogP contribution is -2.15. The maximum atomic E-state index is 12.1. The van der Waals surface area contributed by atoms with Crippen LogP contribution in [-0.2, 0) is 15.8 Å². The largest absolute Gasteiger partial charge is 0.293 e. The number of anilines is 1. The molecule has 2 rings (SSSR count). The van der Waals surface area contributed by atoms with Gasteiger partial charge in [-0.3, -0.25) is 9.52 Å². The number of carbonyl (C=O) groups is 1. The summed E-state index contributed by atoms with van der Waals surface area (Å²) in [6, 6.07) is 15.4. The fourth-order valence-corrected chi connectivity index (χ4v) is 3.36. The number of sulfonamides is 1. The van der Waals surface area contributed by atoms with E-state index in [2.05, 4.69) is 20.7 Å². The van der Waals surface area contributed by atoms with Crippen molar-refractivity contribution in [1.82, 2.24) is 0 Å². The molecule has 2 aromatic rings. The smallest absolute Gasteiger partial charge is 0.236 e. The van der Waals surface area contributed by atoms with Crippen molar-refractivity contribution in [3.63, 3.8) is 0 Å².